The molecule has 0 fully saturated rings. The van der Waals surface area contributed by atoms with Crippen LogP contribution in [-0.2, 0) is 17.7 Å². The molecule has 1 amide bonds. The standard InChI is InChI=1S/C11H14N2O3/c12-11(15)16-7-6-13-5-4-8-9(13)2-1-3-10(8)14/h4-5H,1-3,6-7H2,(H2,12,15). The Bertz CT molecular complexity index is 423. The maximum absolute atomic E-state index is 11.6. The lowest BCUT2D eigenvalue weighted by atomic mass is 9.97. The first-order chi connectivity index (χ1) is 7.68. The van der Waals surface area contributed by atoms with Crippen molar-refractivity contribution in [2.24, 2.45) is 5.73 Å². The number of rotatable bonds is 3. The minimum absolute atomic E-state index is 0.204. The van der Waals surface area contributed by atoms with Crippen LogP contribution in [0.3, 0.4) is 0 Å². The molecule has 0 saturated carbocycles. The first-order valence-corrected chi connectivity index (χ1v) is 5.32. The summed E-state index contributed by atoms with van der Waals surface area (Å²) in [5.41, 5.74) is 6.72. The topological polar surface area (TPSA) is 74.3 Å². The van der Waals surface area contributed by atoms with Gasteiger partial charge in [0.2, 0.25) is 0 Å². The fraction of sp³-hybridized carbons (Fsp3) is 0.455. The third-order valence-corrected chi connectivity index (χ3v) is 2.77. The molecule has 1 aromatic rings. The van der Waals surface area contributed by atoms with Gasteiger partial charge in [-0.3, -0.25) is 4.79 Å². The Morgan fingerprint density at radius 1 is 1.50 bits per heavy atom. The van der Waals surface area contributed by atoms with Crippen molar-refractivity contribution in [2.75, 3.05) is 6.61 Å². The molecule has 5 heteroatoms. The summed E-state index contributed by atoms with van der Waals surface area (Å²) in [6.07, 6.45) is 3.53. The van der Waals surface area contributed by atoms with Crippen molar-refractivity contribution >= 4 is 11.9 Å². The number of hydrogen-bond donors (Lipinski definition) is 1. The summed E-state index contributed by atoms with van der Waals surface area (Å²) in [4.78, 5) is 22.0. The molecule has 0 bridgehead atoms. The highest BCUT2D eigenvalue weighted by Crippen LogP contribution is 2.22. The number of fused-ring (bicyclic) bond motifs is 1. The van der Waals surface area contributed by atoms with Gasteiger partial charge in [0, 0.05) is 23.9 Å². The Morgan fingerprint density at radius 3 is 3.06 bits per heavy atom. The average Bonchev–Trinajstić information content (AvgIpc) is 2.63. The molecule has 0 unspecified atom stereocenters. The van der Waals surface area contributed by atoms with Crippen molar-refractivity contribution in [1.82, 2.24) is 4.57 Å². The molecule has 2 N–H and O–H groups in total. The number of carbonyl (C=O) groups excluding carboxylic acids is 2. The van der Waals surface area contributed by atoms with Crippen molar-refractivity contribution in [3.8, 4) is 0 Å². The van der Waals surface area contributed by atoms with Gasteiger partial charge < -0.3 is 15.0 Å². The molecule has 1 heterocycles. The third kappa shape index (κ3) is 2.08. The summed E-state index contributed by atoms with van der Waals surface area (Å²) < 4.78 is 6.62. The molecule has 0 radical (unpaired) electrons. The monoisotopic (exact) mass is 222 g/mol. The van der Waals surface area contributed by atoms with Crippen LogP contribution in [0.15, 0.2) is 12.3 Å². The molecule has 0 spiro atoms. The number of amides is 1. The van der Waals surface area contributed by atoms with E-state index in [9.17, 15) is 9.59 Å². The van der Waals surface area contributed by atoms with Crippen LogP contribution in [0, 0.1) is 0 Å². The average molecular weight is 222 g/mol. The molecule has 86 valence electrons. The summed E-state index contributed by atoms with van der Waals surface area (Å²) in [5, 5.41) is 0. The van der Waals surface area contributed by atoms with Gasteiger partial charge in [-0.05, 0) is 18.9 Å². The van der Waals surface area contributed by atoms with Gasteiger partial charge in [0.25, 0.3) is 0 Å². The molecule has 0 aromatic carbocycles. The van der Waals surface area contributed by atoms with Crippen molar-refractivity contribution in [3.05, 3.63) is 23.5 Å². The van der Waals surface area contributed by atoms with Gasteiger partial charge in [-0.1, -0.05) is 0 Å². The summed E-state index contributed by atoms with van der Waals surface area (Å²) in [6, 6.07) is 1.83. The van der Waals surface area contributed by atoms with E-state index in [-0.39, 0.29) is 12.4 Å². The summed E-state index contributed by atoms with van der Waals surface area (Å²) >= 11 is 0. The Hall–Kier alpha value is -1.78. The van der Waals surface area contributed by atoms with E-state index in [0.29, 0.717) is 13.0 Å². The van der Waals surface area contributed by atoms with Crippen LogP contribution in [0.1, 0.15) is 28.9 Å². The van der Waals surface area contributed by atoms with Crippen molar-refractivity contribution in [1.29, 1.82) is 0 Å². The van der Waals surface area contributed by atoms with Gasteiger partial charge in [-0.15, -0.1) is 0 Å². The lowest BCUT2D eigenvalue weighted by molar-refractivity contribution is 0.0971. The van der Waals surface area contributed by atoms with E-state index >= 15 is 0 Å². The van der Waals surface area contributed by atoms with E-state index < -0.39 is 6.09 Å². The maximum atomic E-state index is 11.6. The lowest BCUT2D eigenvalue weighted by Gasteiger charge is -2.14. The minimum atomic E-state index is -0.767. The highest BCUT2D eigenvalue weighted by atomic mass is 16.5. The minimum Gasteiger partial charge on any atom is -0.448 e. The van der Waals surface area contributed by atoms with Crippen molar-refractivity contribution in [3.63, 3.8) is 0 Å². The van der Waals surface area contributed by atoms with E-state index in [0.717, 1.165) is 24.1 Å². The molecule has 0 aliphatic heterocycles. The second-order valence-corrected chi connectivity index (χ2v) is 3.81. The fourth-order valence-corrected chi connectivity index (χ4v) is 2.04. The molecule has 1 aliphatic carbocycles. The molecule has 2 rings (SSSR count). The normalized spacial score (nSPS) is 14.6. The maximum Gasteiger partial charge on any atom is 0.404 e. The molecule has 1 aliphatic rings. The van der Waals surface area contributed by atoms with Crippen molar-refractivity contribution in [2.45, 2.75) is 25.8 Å². The zero-order chi connectivity index (χ0) is 11.5. The van der Waals surface area contributed by atoms with Crippen molar-refractivity contribution < 1.29 is 14.3 Å². The van der Waals surface area contributed by atoms with Crippen LogP contribution in [0.25, 0.3) is 0 Å². The van der Waals surface area contributed by atoms with Crippen LogP contribution < -0.4 is 5.73 Å². The molecule has 5 nitrogen and oxygen atoms in total. The SMILES string of the molecule is NC(=O)OCCn1ccc2c1CCCC2=O. The van der Waals surface area contributed by atoms with Gasteiger partial charge >= 0.3 is 6.09 Å². The van der Waals surface area contributed by atoms with Crippen LogP contribution in [-0.4, -0.2) is 23.1 Å². The second kappa shape index (κ2) is 4.38. The van der Waals surface area contributed by atoms with E-state index in [4.69, 9.17) is 5.73 Å². The van der Waals surface area contributed by atoms with Crippen LogP contribution in [0.2, 0.25) is 0 Å². The number of primary amides is 1. The first-order valence-electron chi connectivity index (χ1n) is 5.32. The van der Waals surface area contributed by atoms with E-state index in [1.165, 1.54) is 0 Å². The van der Waals surface area contributed by atoms with Crippen LogP contribution in [0.5, 0.6) is 0 Å². The van der Waals surface area contributed by atoms with E-state index in [1.807, 2.05) is 16.8 Å². The zero-order valence-corrected chi connectivity index (χ0v) is 8.94. The van der Waals surface area contributed by atoms with Crippen LogP contribution in [0.4, 0.5) is 4.79 Å². The Balaban J connectivity index is 2.05. The van der Waals surface area contributed by atoms with Gasteiger partial charge in [0.1, 0.15) is 6.61 Å². The fourth-order valence-electron chi connectivity index (χ4n) is 2.04. The number of Topliss-reactive ketones (excluding diaryl/α,β-unsaturated/α-hetero) is 1. The number of ketones is 1. The Kier molecular flexibility index (Phi) is 2.94. The van der Waals surface area contributed by atoms with Gasteiger partial charge in [0.15, 0.2) is 5.78 Å². The van der Waals surface area contributed by atoms with Gasteiger partial charge in [-0.2, -0.15) is 0 Å². The Labute approximate surface area is 93.2 Å². The quantitative estimate of drug-likeness (QED) is 0.832. The number of hydrogen-bond acceptors (Lipinski definition) is 3. The predicted molar refractivity (Wildman–Crippen MR) is 57.2 cm³/mol. The van der Waals surface area contributed by atoms with E-state index in [1.54, 1.807) is 0 Å². The molecule has 0 atom stereocenters. The number of aromatic nitrogens is 1. The number of ether oxygens (including phenoxy) is 1. The molecular formula is C11H14N2O3. The first kappa shape index (κ1) is 10.7. The number of nitrogens with two attached hydrogens (primary N) is 1. The van der Waals surface area contributed by atoms with E-state index in [2.05, 4.69) is 4.74 Å². The van der Waals surface area contributed by atoms with Gasteiger partial charge in [0.05, 0.1) is 6.54 Å². The zero-order valence-electron chi connectivity index (χ0n) is 8.94. The Morgan fingerprint density at radius 2 is 2.31 bits per heavy atom. The largest absolute Gasteiger partial charge is 0.448 e. The molecule has 0 saturated heterocycles. The third-order valence-electron chi connectivity index (χ3n) is 2.77. The highest BCUT2D eigenvalue weighted by molar-refractivity contribution is 5.98. The van der Waals surface area contributed by atoms with Gasteiger partial charge in [-0.25, -0.2) is 4.79 Å². The number of nitrogens with zero attached hydrogens (tertiary/aromatic N) is 1. The smallest absolute Gasteiger partial charge is 0.404 e. The second-order valence-electron chi connectivity index (χ2n) is 3.81. The predicted octanol–water partition coefficient (Wildman–Crippen LogP) is 1.10. The summed E-state index contributed by atoms with van der Waals surface area (Å²) in [6.45, 7) is 0.788. The van der Waals surface area contributed by atoms with Crippen LogP contribution >= 0.6 is 0 Å². The molecule has 1 aromatic heterocycles. The summed E-state index contributed by atoms with van der Waals surface area (Å²) in [5.74, 6) is 0.204. The lowest BCUT2D eigenvalue weighted by Crippen LogP contribution is -2.18. The number of carbonyl (C=O) groups is 2. The highest BCUT2D eigenvalue weighted by Gasteiger charge is 2.20. The molecular weight excluding hydrogens is 208 g/mol. The molecule has 16 heavy (non-hydrogen) atoms. The summed E-state index contributed by atoms with van der Waals surface area (Å²) in [7, 11) is 0.